The monoisotopic (exact) mass is 424 g/mol. The maximum atomic E-state index is 12.8. The third-order valence-electron chi connectivity index (χ3n) is 5.11. The summed E-state index contributed by atoms with van der Waals surface area (Å²) in [4.78, 5) is 36.8. The van der Waals surface area contributed by atoms with Crippen LogP contribution in [0.3, 0.4) is 0 Å². The van der Waals surface area contributed by atoms with Gasteiger partial charge in [0, 0.05) is 25.1 Å². The van der Waals surface area contributed by atoms with Crippen molar-refractivity contribution in [2.24, 2.45) is 0 Å². The third-order valence-corrected chi connectivity index (χ3v) is 5.28. The molecule has 8 nitrogen and oxygen atoms in total. The number of carbonyl (C=O) groups excluding carboxylic acids is 2. The zero-order valence-corrected chi connectivity index (χ0v) is 18.2. The Hall–Kier alpha value is -1.93. The van der Waals surface area contributed by atoms with Gasteiger partial charge >= 0.3 is 6.09 Å². The second kappa shape index (κ2) is 8.83. The summed E-state index contributed by atoms with van der Waals surface area (Å²) in [5.41, 5.74) is 1.08. The average Bonchev–Trinajstić information content (AvgIpc) is 2.64. The first-order chi connectivity index (χ1) is 13.7. The largest absolute Gasteiger partial charge is 0.444 e. The van der Waals surface area contributed by atoms with E-state index in [1.54, 1.807) is 4.90 Å². The van der Waals surface area contributed by atoms with Gasteiger partial charge in [0.25, 0.3) is 0 Å². The molecule has 1 aromatic heterocycles. The first-order valence-corrected chi connectivity index (χ1v) is 10.4. The highest BCUT2D eigenvalue weighted by Gasteiger charge is 2.37. The van der Waals surface area contributed by atoms with E-state index in [4.69, 9.17) is 21.1 Å². The molecule has 2 aliphatic rings. The van der Waals surface area contributed by atoms with Crippen molar-refractivity contribution >= 4 is 29.8 Å². The van der Waals surface area contributed by atoms with Crippen LogP contribution in [-0.4, -0.2) is 65.2 Å². The van der Waals surface area contributed by atoms with Crippen LogP contribution in [-0.2, 0) is 20.7 Å². The van der Waals surface area contributed by atoms with Crippen LogP contribution in [0.2, 0.25) is 5.28 Å². The van der Waals surface area contributed by atoms with Gasteiger partial charge in [0.2, 0.25) is 5.28 Å². The number of morpholine rings is 1. The zero-order valence-electron chi connectivity index (χ0n) is 17.5. The second-order valence-corrected chi connectivity index (χ2v) is 8.82. The van der Waals surface area contributed by atoms with Gasteiger partial charge in [0.05, 0.1) is 31.0 Å². The minimum absolute atomic E-state index is 0.139. The number of nitrogens with zero attached hydrogens (tertiary/aromatic N) is 4. The topological polar surface area (TPSA) is 84.9 Å². The van der Waals surface area contributed by atoms with Gasteiger partial charge in [-0.2, -0.15) is 0 Å². The molecule has 1 saturated heterocycles. The number of carbonyl (C=O) groups is 2. The molecule has 2 aliphatic heterocycles. The molecule has 0 bridgehead atoms. The number of aldehydes is 1. The lowest BCUT2D eigenvalue weighted by molar-refractivity contribution is -0.108. The molecule has 3 heterocycles. The van der Waals surface area contributed by atoms with Crippen molar-refractivity contribution in [2.45, 2.75) is 64.6 Å². The number of fused-ring (bicyclic) bond motifs is 1. The van der Waals surface area contributed by atoms with E-state index in [9.17, 15) is 9.59 Å². The first kappa shape index (κ1) is 21.8. The number of anilines is 1. The molecule has 0 radical (unpaired) electrons. The van der Waals surface area contributed by atoms with Crippen molar-refractivity contribution < 1.29 is 19.1 Å². The summed E-state index contributed by atoms with van der Waals surface area (Å²) < 4.78 is 11.1. The Morgan fingerprint density at radius 2 is 2.10 bits per heavy atom. The van der Waals surface area contributed by atoms with Gasteiger partial charge in [0.1, 0.15) is 17.7 Å². The highest BCUT2D eigenvalue weighted by atomic mass is 35.5. The van der Waals surface area contributed by atoms with Crippen LogP contribution in [0.4, 0.5) is 10.6 Å². The summed E-state index contributed by atoms with van der Waals surface area (Å²) in [7, 11) is 0. The Bertz CT molecular complexity index is 768. The normalized spacial score (nSPS) is 22.2. The minimum Gasteiger partial charge on any atom is -0.444 e. The predicted molar refractivity (Wildman–Crippen MR) is 109 cm³/mol. The molecule has 9 heteroatoms. The number of halogens is 1. The minimum atomic E-state index is -0.607. The van der Waals surface area contributed by atoms with E-state index >= 15 is 0 Å². The quantitative estimate of drug-likeness (QED) is 0.542. The SMILES string of the molecule is C[C@H]1COCCN1c1nc(Cl)nc2c1CCN(C(=O)OC(C)(C)C)C2CCC=O. The van der Waals surface area contributed by atoms with Crippen molar-refractivity contribution in [3.63, 3.8) is 0 Å². The number of hydrogen-bond donors (Lipinski definition) is 0. The number of hydrogen-bond acceptors (Lipinski definition) is 7. The zero-order chi connectivity index (χ0) is 21.2. The Morgan fingerprint density at radius 1 is 1.34 bits per heavy atom. The molecule has 0 N–H and O–H groups in total. The standard InChI is InChI=1S/C20H29ClN4O4/c1-13-12-28-11-9-24(13)17-14-7-8-25(19(27)29-20(2,3)4)15(6-5-10-26)16(14)22-18(21)23-17/h10,13,15H,5-9,11-12H2,1-4H3/t13-,15?/m0/s1. The van der Waals surface area contributed by atoms with Gasteiger partial charge in [-0.05, 0) is 52.1 Å². The average molecular weight is 425 g/mol. The van der Waals surface area contributed by atoms with E-state index in [0.717, 1.165) is 24.2 Å². The molecule has 1 aromatic rings. The lowest BCUT2D eigenvalue weighted by Gasteiger charge is -2.40. The number of ether oxygens (including phenoxy) is 2. The van der Waals surface area contributed by atoms with Crippen molar-refractivity contribution in [3.05, 3.63) is 16.5 Å². The molecule has 1 amide bonds. The molecular formula is C20H29ClN4O4. The molecule has 0 aromatic carbocycles. The number of rotatable bonds is 4. The summed E-state index contributed by atoms with van der Waals surface area (Å²) in [5.74, 6) is 0.802. The molecular weight excluding hydrogens is 396 g/mol. The van der Waals surface area contributed by atoms with Gasteiger partial charge in [-0.3, -0.25) is 4.90 Å². The lowest BCUT2D eigenvalue weighted by Crippen LogP contribution is -2.47. The third kappa shape index (κ3) is 4.98. The first-order valence-electron chi connectivity index (χ1n) is 10.0. The van der Waals surface area contributed by atoms with Crippen LogP contribution in [0.1, 0.15) is 57.8 Å². The van der Waals surface area contributed by atoms with E-state index in [1.807, 2.05) is 20.8 Å². The van der Waals surface area contributed by atoms with Crippen molar-refractivity contribution in [2.75, 3.05) is 31.2 Å². The maximum Gasteiger partial charge on any atom is 0.410 e. The molecule has 0 aliphatic carbocycles. The maximum absolute atomic E-state index is 12.8. The van der Waals surface area contributed by atoms with Crippen molar-refractivity contribution in [3.8, 4) is 0 Å². The Kier molecular flexibility index (Phi) is 6.63. The fraction of sp³-hybridized carbons (Fsp3) is 0.700. The molecule has 0 saturated carbocycles. The van der Waals surface area contributed by atoms with Gasteiger partial charge in [-0.25, -0.2) is 14.8 Å². The van der Waals surface area contributed by atoms with E-state index in [0.29, 0.717) is 44.7 Å². The van der Waals surface area contributed by atoms with E-state index < -0.39 is 11.7 Å². The van der Waals surface area contributed by atoms with Gasteiger partial charge in [-0.1, -0.05) is 0 Å². The van der Waals surface area contributed by atoms with E-state index in [2.05, 4.69) is 21.8 Å². The van der Waals surface area contributed by atoms with Crippen molar-refractivity contribution in [1.82, 2.24) is 14.9 Å². The highest BCUT2D eigenvalue weighted by molar-refractivity contribution is 6.28. The predicted octanol–water partition coefficient (Wildman–Crippen LogP) is 3.17. The Balaban J connectivity index is 2.00. The number of aromatic nitrogens is 2. The molecule has 29 heavy (non-hydrogen) atoms. The molecule has 1 fully saturated rings. The van der Waals surface area contributed by atoms with Crippen LogP contribution in [0.15, 0.2) is 0 Å². The molecule has 2 atom stereocenters. The Morgan fingerprint density at radius 3 is 2.76 bits per heavy atom. The van der Waals surface area contributed by atoms with Crippen LogP contribution in [0, 0.1) is 0 Å². The van der Waals surface area contributed by atoms with E-state index in [-0.39, 0.29) is 17.4 Å². The van der Waals surface area contributed by atoms with E-state index in [1.165, 1.54) is 0 Å². The van der Waals surface area contributed by atoms with Gasteiger partial charge in [-0.15, -0.1) is 0 Å². The summed E-state index contributed by atoms with van der Waals surface area (Å²) in [5, 5.41) is 0.139. The summed E-state index contributed by atoms with van der Waals surface area (Å²) in [6.45, 7) is 10.0. The second-order valence-electron chi connectivity index (χ2n) is 8.48. The van der Waals surface area contributed by atoms with Gasteiger partial charge in [0.15, 0.2) is 0 Å². The van der Waals surface area contributed by atoms with Crippen LogP contribution in [0.25, 0.3) is 0 Å². The Labute approximate surface area is 176 Å². The van der Waals surface area contributed by atoms with Crippen LogP contribution in [0.5, 0.6) is 0 Å². The molecule has 1 unspecified atom stereocenters. The van der Waals surface area contributed by atoms with Gasteiger partial charge < -0.3 is 19.2 Å². The smallest absolute Gasteiger partial charge is 0.410 e. The fourth-order valence-electron chi connectivity index (χ4n) is 3.85. The van der Waals surface area contributed by atoms with Crippen LogP contribution < -0.4 is 4.90 Å². The fourth-order valence-corrected chi connectivity index (χ4v) is 4.02. The molecule has 3 rings (SSSR count). The van der Waals surface area contributed by atoms with Crippen molar-refractivity contribution in [1.29, 1.82) is 0 Å². The highest BCUT2D eigenvalue weighted by Crippen LogP contribution is 2.38. The summed E-state index contributed by atoms with van der Waals surface area (Å²) >= 11 is 6.30. The number of amides is 1. The molecule has 0 spiro atoms. The lowest BCUT2D eigenvalue weighted by atomic mass is 9.94. The van der Waals surface area contributed by atoms with Crippen LogP contribution >= 0.6 is 11.6 Å². The summed E-state index contributed by atoms with van der Waals surface area (Å²) in [6, 6.07) is -0.217. The molecule has 160 valence electrons. The summed E-state index contributed by atoms with van der Waals surface area (Å²) in [6.07, 6.45) is 1.82.